The molecule has 3 saturated heterocycles. The van der Waals surface area contributed by atoms with E-state index in [4.69, 9.17) is 9.47 Å². The quantitative estimate of drug-likeness (QED) is 0.183. The highest BCUT2D eigenvalue weighted by Gasteiger charge is 2.71. The summed E-state index contributed by atoms with van der Waals surface area (Å²) in [5.41, 5.74) is 0.521. The number of hydrogen-bond donors (Lipinski definition) is 6. The number of aliphatic hydroxyl groups is 4. The van der Waals surface area contributed by atoms with E-state index in [9.17, 15) is 34.4 Å². The first-order chi connectivity index (χ1) is 24.7. The summed E-state index contributed by atoms with van der Waals surface area (Å²) in [6, 6.07) is 13.8. The van der Waals surface area contributed by atoms with Gasteiger partial charge in [-0.2, -0.15) is 0 Å². The molecule has 0 unspecified atom stereocenters. The Morgan fingerprint density at radius 1 is 1.02 bits per heavy atom. The lowest BCUT2D eigenvalue weighted by Crippen LogP contribution is -2.70. The average molecular weight is 726 g/mol. The van der Waals surface area contributed by atoms with Gasteiger partial charge < -0.3 is 40.5 Å². The molecule has 0 aromatic heterocycles. The van der Waals surface area contributed by atoms with Gasteiger partial charge in [0.1, 0.15) is 30.0 Å². The molecular weight excluding hydrogens is 669 g/mol. The number of likely N-dealkylation sites (tertiary alicyclic amines) is 1. The Balaban J connectivity index is 1.03. The van der Waals surface area contributed by atoms with Crippen LogP contribution in [0.25, 0.3) is 0 Å². The average Bonchev–Trinajstić information content (AvgIpc) is 3.72. The maximum atomic E-state index is 13.5. The van der Waals surface area contributed by atoms with Crippen LogP contribution in [0.3, 0.4) is 0 Å². The number of aliphatic hydroxyl groups excluding tert-OH is 3. The minimum Gasteiger partial charge on any atom is -0.387 e. The maximum absolute atomic E-state index is 13.5. The fourth-order valence-corrected chi connectivity index (χ4v) is 8.44. The molecule has 6 rings (SSSR count). The largest absolute Gasteiger partial charge is 0.387 e. The molecule has 286 valence electrons. The Labute approximate surface area is 305 Å². The van der Waals surface area contributed by atoms with Crippen LogP contribution in [0, 0.1) is 6.92 Å². The normalized spacial score (nSPS) is 30.3. The molecule has 0 radical (unpaired) electrons. The third-order valence-corrected chi connectivity index (χ3v) is 11.9. The van der Waals surface area contributed by atoms with Gasteiger partial charge in [-0.1, -0.05) is 55.7 Å². The number of amides is 2. The van der Waals surface area contributed by atoms with Crippen LogP contribution in [0.1, 0.15) is 93.0 Å². The van der Waals surface area contributed by atoms with Gasteiger partial charge in [0.05, 0.1) is 12.2 Å². The van der Waals surface area contributed by atoms with E-state index in [0.717, 1.165) is 41.5 Å². The predicted octanol–water partition coefficient (Wildman–Crippen LogP) is 2.69. The summed E-state index contributed by atoms with van der Waals surface area (Å²) in [4.78, 5) is 28.5. The first-order valence-electron chi connectivity index (χ1n) is 18.9. The SMILES string of the molecule is Cc1ccc([C@]23OC[C@](C(C)(C)O)(O2)[C@@H](O)[C@H](O)[C@H]3O)cc1Cc1ccc(CCCC(=O)NC2(C(=O)NCCN3CC[C@@H](F)C3)CCCCC2)cc1. The van der Waals surface area contributed by atoms with Crippen molar-refractivity contribution >= 4 is 11.8 Å². The highest BCUT2D eigenvalue weighted by Crippen LogP contribution is 2.53. The van der Waals surface area contributed by atoms with Crippen molar-refractivity contribution in [3.8, 4) is 0 Å². The van der Waals surface area contributed by atoms with Gasteiger partial charge in [0, 0.05) is 38.2 Å². The smallest absolute Gasteiger partial charge is 0.245 e. The summed E-state index contributed by atoms with van der Waals surface area (Å²) in [7, 11) is 0. The summed E-state index contributed by atoms with van der Waals surface area (Å²) in [5.74, 6) is -2.01. The molecule has 2 amide bonds. The first-order valence-corrected chi connectivity index (χ1v) is 18.9. The molecular formula is C40H56FN3O8. The van der Waals surface area contributed by atoms with Crippen molar-refractivity contribution in [3.63, 3.8) is 0 Å². The summed E-state index contributed by atoms with van der Waals surface area (Å²) >= 11 is 0. The molecule has 2 aromatic carbocycles. The van der Waals surface area contributed by atoms with Gasteiger partial charge in [0.25, 0.3) is 0 Å². The van der Waals surface area contributed by atoms with Crippen LogP contribution >= 0.6 is 0 Å². The number of benzene rings is 2. The maximum Gasteiger partial charge on any atom is 0.245 e. The number of ether oxygens (including phenoxy) is 2. The van der Waals surface area contributed by atoms with E-state index in [1.165, 1.54) is 13.8 Å². The molecule has 1 saturated carbocycles. The lowest BCUT2D eigenvalue weighted by molar-refractivity contribution is -0.348. The Hall–Kier alpha value is -2.97. The van der Waals surface area contributed by atoms with Crippen molar-refractivity contribution in [1.29, 1.82) is 0 Å². The summed E-state index contributed by atoms with van der Waals surface area (Å²) in [6.07, 6.45) is 1.32. The van der Waals surface area contributed by atoms with Gasteiger partial charge in [0.2, 0.25) is 17.6 Å². The zero-order valence-electron chi connectivity index (χ0n) is 30.7. The first kappa shape index (κ1) is 38.7. The highest BCUT2D eigenvalue weighted by atomic mass is 19.1. The standard InChI is InChI=1S/C40H56FN3O8/c1-26-10-15-30(40-35(48)33(46)34(47)39(52-40,25-51-40)37(2,3)50)23-29(26)22-28-13-11-27(12-14-28)8-7-9-32(45)43-38(17-5-4-6-18-38)36(49)42-19-21-44-20-16-31(41)24-44/h10-15,23,31,33-35,46-48,50H,4-9,16-22,24-25H2,1-3H3,(H,42,49)(H,43,45)/t31-,33+,34+,35-,39+,40+/m1/s1. The zero-order chi connectivity index (χ0) is 37.3. The van der Waals surface area contributed by atoms with Gasteiger partial charge in [-0.05, 0) is 87.6 Å². The molecule has 2 bridgehead atoms. The van der Waals surface area contributed by atoms with Crippen LogP contribution in [0.4, 0.5) is 4.39 Å². The van der Waals surface area contributed by atoms with E-state index in [0.29, 0.717) is 76.7 Å². The molecule has 3 heterocycles. The van der Waals surface area contributed by atoms with Gasteiger partial charge >= 0.3 is 0 Å². The van der Waals surface area contributed by atoms with E-state index >= 15 is 0 Å². The second kappa shape index (κ2) is 15.4. The van der Waals surface area contributed by atoms with Crippen molar-refractivity contribution in [2.45, 2.75) is 132 Å². The number of nitrogens with zero attached hydrogens (tertiary/aromatic N) is 1. The summed E-state index contributed by atoms with van der Waals surface area (Å²) in [6.45, 7) is 6.91. The fourth-order valence-electron chi connectivity index (χ4n) is 8.44. The van der Waals surface area contributed by atoms with Crippen LogP contribution in [0.5, 0.6) is 0 Å². The third kappa shape index (κ3) is 7.66. The van der Waals surface area contributed by atoms with Gasteiger partial charge in [0.15, 0.2) is 5.60 Å². The molecule has 0 spiro atoms. The van der Waals surface area contributed by atoms with Crippen LogP contribution in [0.15, 0.2) is 42.5 Å². The van der Waals surface area contributed by atoms with E-state index in [1.54, 1.807) is 6.07 Å². The Morgan fingerprint density at radius 3 is 2.40 bits per heavy atom. The van der Waals surface area contributed by atoms with Gasteiger partial charge in [-0.15, -0.1) is 0 Å². The van der Waals surface area contributed by atoms with Crippen LogP contribution in [-0.4, -0.2) is 111 Å². The number of rotatable bonds is 13. The molecule has 1 aliphatic carbocycles. The van der Waals surface area contributed by atoms with E-state index in [2.05, 4.69) is 34.9 Å². The molecule has 6 N–H and O–H groups in total. The van der Waals surface area contributed by atoms with Crippen LogP contribution in [-0.2, 0) is 37.7 Å². The Kier molecular flexibility index (Phi) is 11.5. The van der Waals surface area contributed by atoms with Crippen molar-refractivity contribution in [1.82, 2.24) is 15.5 Å². The van der Waals surface area contributed by atoms with Crippen molar-refractivity contribution in [3.05, 3.63) is 70.3 Å². The Morgan fingerprint density at radius 2 is 1.73 bits per heavy atom. The molecule has 3 aliphatic heterocycles. The summed E-state index contributed by atoms with van der Waals surface area (Å²) in [5, 5.41) is 49.8. The fraction of sp³-hybridized carbons (Fsp3) is 0.650. The summed E-state index contributed by atoms with van der Waals surface area (Å²) < 4.78 is 25.8. The Bertz CT molecular complexity index is 1580. The number of nitrogens with one attached hydrogen (secondary N) is 2. The number of hydrogen-bond acceptors (Lipinski definition) is 9. The van der Waals surface area contributed by atoms with Gasteiger partial charge in [-0.25, -0.2) is 4.39 Å². The second-order valence-electron chi connectivity index (χ2n) is 16.0. The van der Waals surface area contributed by atoms with Crippen LogP contribution in [0.2, 0.25) is 0 Å². The number of aryl methyl sites for hydroxylation is 2. The lowest BCUT2D eigenvalue weighted by atomic mass is 9.75. The predicted molar refractivity (Wildman–Crippen MR) is 192 cm³/mol. The monoisotopic (exact) mass is 725 g/mol. The molecule has 12 heteroatoms. The third-order valence-electron chi connectivity index (χ3n) is 11.9. The number of halogens is 1. The minimum absolute atomic E-state index is 0.122. The number of fused-ring (bicyclic) bond motifs is 2. The van der Waals surface area contributed by atoms with E-state index in [1.807, 2.05) is 24.0 Å². The zero-order valence-corrected chi connectivity index (χ0v) is 30.7. The number of carbonyl (C=O) groups excluding carboxylic acids is 2. The van der Waals surface area contributed by atoms with Crippen molar-refractivity contribution in [2.24, 2.45) is 0 Å². The van der Waals surface area contributed by atoms with Gasteiger partial charge in [-0.3, -0.25) is 14.5 Å². The topological polar surface area (TPSA) is 161 Å². The van der Waals surface area contributed by atoms with E-state index in [-0.39, 0.29) is 18.4 Å². The minimum atomic E-state index is -1.76. The van der Waals surface area contributed by atoms with Crippen molar-refractivity contribution in [2.75, 3.05) is 32.8 Å². The molecule has 52 heavy (non-hydrogen) atoms. The van der Waals surface area contributed by atoms with Crippen LogP contribution < -0.4 is 10.6 Å². The molecule has 11 nitrogen and oxygen atoms in total. The number of alkyl halides is 1. The highest BCUT2D eigenvalue weighted by molar-refractivity contribution is 5.91. The molecule has 6 atom stereocenters. The molecule has 4 fully saturated rings. The molecule has 4 aliphatic rings. The molecule has 2 aromatic rings. The van der Waals surface area contributed by atoms with Crippen molar-refractivity contribution < 1.29 is 43.9 Å². The van der Waals surface area contributed by atoms with E-state index < -0.39 is 47.0 Å². The second-order valence-corrected chi connectivity index (χ2v) is 16.0. The number of carbonyl (C=O) groups is 2. The lowest BCUT2D eigenvalue weighted by Gasteiger charge is -2.50.